The number of amides is 2. The summed E-state index contributed by atoms with van der Waals surface area (Å²) in [5.74, 6) is 0.950. The van der Waals surface area contributed by atoms with Crippen LogP contribution in [0.3, 0.4) is 0 Å². The van der Waals surface area contributed by atoms with Gasteiger partial charge in [0.15, 0.2) is 11.5 Å². The Labute approximate surface area is 183 Å². The first-order valence-corrected chi connectivity index (χ1v) is 10.8. The van der Waals surface area contributed by atoms with Gasteiger partial charge in [-0.3, -0.25) is 14.5 Å². The molecule has 2 amide bonds. The van der Waals surface area contributed by atoms with Gasteiger partial charge in [0, 0.05) is 18.3 Å². The number of rotatable bonds is 9. The molecule has 0 spiro atoms. The average molecular weight is 426 g/mol. The maximum atomic E-state index is 13.5. The van der Waals surface area contributed by atoms with E-state index in [2.05, 4.69) is 10.2 Å². The fourth-order valence-corrected chi connectivity index (χ4v) is 3.75. The summed E-state index contributed by atoms with van der Waals surface area (Å²) in [4.78, 5) is 29.9. The number of benzene rings is 2. The molecule has 0 saturated heterocycles. The highest BCUT2D eigenvalue weighted by Crippen LogP contribution is 2.32. The largest absolute Gasteiger partial charge is 0.486 e. The van der Waals surface area contributed by atoms with Crippen LogP contribution in [0.15, 0.2) is 48.5 Å². The summed E-state index contributed by atoms with van der Waals surface area (Å²) in [7, 11) is 0. The van der Waals surface area contributed by atoms with E-state index in [0.29, 0.717) is 36.9 Å². The number of anilines is 1. The van der Waals surface area contributed by atoms with Gasteiger partial charge < -0.3 is 19.7 Å². The monoisotopic (exact) mass is 425 g/mol. The van der Waals surface area contributed by atoms with Crippen molar-refractivity contribution in [1.82, 2.24) is 9.80 Å². The second-order valence-corrected chi connectivity index (χ2v) is 7.29. The summed E-state index contributed by atoms with van der Waals surface area (Å²) in [6.45, 7) is 8.86. The standard InChI is InChI=1S/C24H31N3O4/c1-4-26(5-2)23(18-10-8-7-9-11-18)24(29)27(6-3)17-22(28)25-19-12-13-20-21(16-19)31-15-14-30-20/h7-13,16,23H,4-6,14-15,17H2,1-3H3,(H,25,28). The lowest BCUT2D eigenvalue weighted by Gasteiger charge is -2.33. The van der Waals surface area contributed by atoms with Gasteiger partial charge in [-0.2, -0.15) is 0 Å². The molecule has 166 valence electrons. The van der Waals surface area contributed by atoms with Crippen LogP contribution >= 0.6 is 0 Å². The number of hydrogen-bond donors (Lipinski definition) is 1. The Morgan fingerprint density at radius 3 is 2.26 bits per heavy atom. The molecule has 0 radical (unpaired) electrons. The molecule has 0 aliphatic carbocycles. The molecule has 0 saturated carbocycles. The Balaban J connectivity index is 1.72. The van der Waals surface area contributed by atoms with Gasteiger partial charge in [-0.05, 0) is 37.7 Å². The third-order valence-corrected chi connectivity index (χ3v) is 5.38. The highest BCUT2D eigenvalue weighted by Gasteiger charge is 2.30. The molecule has 1 unspecified atom stereocenters. The van der Waals surface area contributed by atoms with E-state index in [-0.39, 0.29) is 18.4 Å². The molecule has 0 aromatic heterocycles. The minimum atomic E-state index is -0.418. The van der Waals surface area contributed by atoms with E-state index < -0.39 is 6.04 Å². The number of hydrogen-bond acceptors (Lipinski definition) is 5. The first-order chi connectivity index (χ1) is 15.1. The molecule has 7 heteroatoms. The molecule has 31 heavy (non-hydrogen) atoms. The van der Waals surface area contributed by atoms with E-state index in [0.717, 1.165) is 18.7 Å². The lowest BCUT2D eigenvalue weighted by atomic mass is 10.0. The van der Waals surface area contributed by atoms with Crippen molar-refractivity contribution >= 4 is 17.5 Å². The smallest absolute Gasteiger partial charge is 0.244 e. The number of fused-ring (bicyclic) bond motifs is 1. The van der Waals surface area contributed by atoms with Gasteiger partial charge >= 0.3 is 0 Å². The first kappa shape index (κ1) is 22.6. The number of likely N-dealkylation sites (N-methyl/N-ethyl adjacent to an activating group) is 2. The molecule has 0 fully saturated rings. The summed E-state index contributed by atoms with van der Waals surface area (Å²) >= 11 is 0. The van der Waals surface area contributed by atoms with Gasteiger partial charge in [0.05, 0.1) is 6.54 Å². The Bertz CT molecular complexity index is 884. The summed E-state index contributed by atoms with van der Waals surface area (Å²) < 4.78 is 11.1. The molecule has 7 nitrogen and oxygen atoms in total. The maximum Gasteiger partial charge on any atom is 0.244 e. The average Bonchev–Trinajstić information content (AvgIpc) is 2.81. The predicted molar refractivity (Wildman–Crippen MR) is 120 cm³/mol. The number of nitrogens with zero attached hydrogens (tertiary/aromatic N) is 2. The van der Waals surface area contributed by atoms with Crippen LogP contribution < -0.4 is 14.8 Å². The molecule has 1 heterocycles. The van der Waals surface area contributed by atoms with E-state index >= 15 is 0 Å². The fourth-order valence-electron chi connectivity index (χ4n) is 3.75. The minimum absolute atomic E-state index is 0.0195. The molecule has 3 rings (SSSR count). The summed E-state index contributed by atoms with van der Waals surface area (Å²) in [5, 5.41) is 2.87. The van der Waals surface area contributed by atoms with Crippen molar-refractivity contribution in [3.05, 3.63) is 54.1 Å². The Kier molecular flexibility index (Phi) is 7.89. The van der Waals surface area contributed by atoms with Gasteiger partial charge in [-0.25, -0.2) is 0 Å². The van der Waals surface area contributed by atoms with Gasteiger partial charge in [0.2, 0.25) is 11.8 Å². The SMILES string of the molecule is CCN(CC(=O)Nc1ccc2c(c1)OCCO2)C(=O)C(c1ccccc1)N(CC)CC. The predicted octanol–water partition coefficient (Wildman–Crippen LogP) is 3.33. The fraction of sp³-hybridized carbons (Fsp3) is 0.417. The molecule has 0 bridgehead atoms. The number of carbonyl (C=O) groups excluding carboxylic acids is 2. The lowest BCUT2D eigenvalue weighted by Crippen LogP contribution is -2.45. The van der Waals surface area contributed by atoms with E-state index in [1.165, 1.54) is 0 Å². The Morgan fingerprint density at radius 1 is 0.935 bits per heavy atom. The van der Waals surface area contributed by atoms with Crippen LogP contribution in [0.5, 0.6) is 11.5 Å². The quantitative estimate of drug-likeness (QED) is 0.667. The van der Waals surface area contributed by atoms with Crippen molar-refractivity contribution in [1.29, 1.82) is 0 Å². The molecule has 2 aromatic carbocycles. The van der Waals surface area contributed by atoms with E-state index in [1.54, 1.807) is 23.1 Å². The van der Waals surface area contributed by atoms with Crippen LogP contribution in [0, 0.1) is 0 Å². The third kappa shape index (κ3) is 5.55. The van der Waals surface area contributed by atoms with Crippen LogP contribution in [0.25, 0.3) is 0 Å². The number of carbonyl (C=O) groups is 2. The van der Waals surface area contributed by atoms with Crippen LogP contribution in [0.4, 0.5) is 5.69 Å². The normalized spacial score (nSPS) is 13.5. The van der Waals surface area contributed by atoms with Crippen LogP contribution in [0.1, 0.15) is 32.4 Å². The molecular formula is C24H31N3O4. The van der Waals surface area contributed by atoms with Gasteiger partial charge in [0.25, 0.3) is 0 Å². The first-order valence-electron chi connectivity index (χ1n) is 10.8. The maximum absolute atomic E-state index is 13.5. The van der Waals surface area contributed by atoms with E-state index in [9.17, 15) is 9.59 Å². The molecule has 1 N–H and O–H groups in total. The number of ether oxygens (including phenoxy) is 2. The van der Waals surface area contributed by atoms with Crippen molar-refractivity contribution in [3.8, 4) is 11.5 Å². The van der Waals surface area contributed by atoms with Crippen molar-refractivity contribution in [3.63, 3.8) is 0 Å². The van der Waals surface area contributed by atoms with Crippen molar-refractivity contribution in [2.24, 2.45) is 0 Å². The summed E-state index contributed by atoms with van der Waals surface area (Å²) in [5.41, 5.74) is 1.54. The van der Waals surface area contributed by atoms with E-state index in [4.69, 9.17) is 9.47 Å². The molecule has 1 atom stereocenters. The molecular weight excluding hydrogens is 394 g/mol. The van der Waals surface area contributed by atoms with Crippen molar-refractivity contribution in [2.45, 2.75) is 26.8 Å². The zero-order valence-electron chi connectivity index (χ0n) is 18.5. The van der Waals surface area contributed by atoms with Crippen LogP contribution in [0.2, 0.25) is 0 Å². The highest BCUT2D eigenvalue weighted by molar-refractivity contribution is 5.95. The van der Waals surface area contributed by atoms with E-state index in [1.807, 2.05) is 51.1 Å². The molecule has 1 aliphatic rings. The van der Waals surface area contributed by atoms with Gasteiger partial charge in [-0.1, -0.05) is 44.2 Å². The topological polar surface area (TPSA) is 71.1 Å². The third-order valence-electron chi connectivity index (χ3n) is 5.38. The number of nitrogens with one attached hydrogen (secondary N) is 1. The van der Waals surface area contributed by atoms with Crippen molar-refractivity contribution in [2.75, 3.05) is 44.7 Å². The van der Waals surface area contributed by atoms with Crippen LogP contribution in [-0.4, -0.2) is 61.0 Å². The Morgan fingerprint density at radius 2 is 1.61 bits per heavy atom. The summed E-state index contributed by atoms with van der Waals surface area (Å²) in [6.07, 6.45) is 0. The second kappa shape index (κ2) is 10.8. The van der Waals surface area contributed by atoms with Crippen molar-refractivity contribution < 1.29 is 19.1 Å². The second-order valence-electron chi connectivity index (χ2n) is 7.29. The van der Waals surface area contributed by atoms with Gasteiger partial charge in [0.1, 0.15) is 19.3 Å². The minimum Gasteiger partial charge on any atom is -0.486 e. The molecule has 1 aliphatic heterocycles. The Hall–Kier alpha value is -3.06. The zero-order chi connectivity index (χ0) is 22.2. The van der Waals surface area contributed by atoms with Gasteiger partial charge in [-0.15, -0.1) is 0 Å². The lowest BCUT2D eigenvalue weighted by molar-refractivity contribution is -0.139. The highest BCUT2D eigenvalue weighted by atomic mass is 16.6. The summed E-state index contributed by atoms with van der Waals surface area (Å²) in [6, 6.07) is 14.6. The zero-order valence-corrected chi connectivity index (χ0v) is 18.5. The molecule has 2 aromatic rings. The van der Waals surface area contributed by atoms with Crippen LogP contribution in [-0.2, 0) is 9.59 Å².